The smallest absolute Gasteiger partial charge is 0.340 e. The third kappa shape index (κ3) is 1.94. The van der Waals surface area contributed by atoms with Crippen LogP contribution in [0.15, 0.2) is 35.1 Å². The Balaban J connectivity index is 1.75. The molecule has 26 heavy (non-hydrogen) atoms. The minimum atomic E-state index is -1.44. The number of methoxy groups -OCH3 is 1. The first-order valence-corrected chi connectivity index (χ1v) is 8.16. The van der Waals surface area contributed by atoms with E-state index in [-0.39, 0.29) is 12.2 Å². The molecule has 2 aliphatic heterocycles. The van der Waals surface area contributed by atoms with Crippen molar-refractivity contribution in [2.45, 2.75) is 19.3 Å². The van der Waals surface area contributed by atoms with Crippen LogP contribution in [0.4, 0.5) is 0 Å². The summed E-state index contributed by atoms with van der Waals surface area (Å²) in [7, 11) is 1.61. The van der Waals surface area contributed by atoms with E-state index in [2.05, 4.69) is 0 Å². The maximum absolute atomic E-state index is 12.8. The van der Waals surface area contributed by atoms with Gasteiger partial charge in [-0.1, -0.05) is 0 Å². The largest absolute Gasteiger partial charge is 0.497 e. The van der Waals surface area contributed by atoms with Crippen LogP contribution in [-0.4, -0.2) is 27.7 Å². The van der Waals surface area contributed by atoms with Crippen LogP contribution in [-0.2, 0) is 22.7 Å². The molecule has 1 unspecified atom stereocenters. The first kappa shape index (κ1) is 15.1. The average Bonchev–Trinajstić information content (AvgIpc) is 3.01. The van der Waals surface area contributed by atoms with E-state index in [0.717, 1.165) is 22.2 Å². The third-order valence-corrected chi connectivity index (χ3v) is 4.98. The predicted molar refractivity (Wildman–Crippen MR) is 91.8 cm³/mol. The van der Waals surface area contributed by atoms with E-state index in [1.54, 1.807) is 17.7 Å². The maximum Gasteiger partial charge on any atom is 0.340 e. The van der Waals surface area contributed by atoms with Gasteiger partial charge in [0.05, 0.1) is 36.1 Å². The van der Waals surface area contributed by atoms with E-state index in [9.17, 15) is 14.7 Å². The van der Waals surface area contributed by atoms with Gasteiger partial charge in [0.15, 0.2) is 6.10 Å². The summed E-state index contributed by atoms with van der Waals surface area (Å²) in [4.78, 5) is 29.2. The van der Waals surface area contributed by atoms with Gasteiger partial charge in [0.1, 0.15) is 12.4 Å². The first-order valence-electron chi connectivity index (χ1n) is 8.16. The number of carbonyl (C=O) groups excluding carboxylic acids is 1. The first-order chi connectivity index (χ1) is 12.6. The molecule has 0 saturated carbocycles. The van der Waals surface area contributed by atoms with Crippen molar-refractivity contribution in [2.75, 3.05) is 7.11 Å². The van der Waals surface area contributed by atoms with E-state index in [1.807, 2.05) is 24.3 Å². The molecule has 0 bridgehead atoms. The summed E-state index contributed by atoms with van der Waals surface area (Å²) >= 11 is 0. The fourth-order valence-corrected chi connectivity index (χ4v) is 3.64. The maximum atomic E-state index is 12.8. The molecule has 7 heteroatoms. The number of benzene rings is 1. The molecule has 0 amide bonds. The molecule has 3 aromatic rings. The number of aliphatic hydroxyl groups is 1. The van der Waals surface area contributed by atoms with E-state index >= 15 is 0 Å². The number of fused-ring (bicyclic) bond motifs is 5. The highest BCUT2D eigenvalue weighted by Crippen LogP contribution is 2.35. The molecule has 130 valence electrons. The second kappa shape index (κ2) is 5.15. The SMILES string of the molecule is COc1ccc2nc3c(cc2c1)Cn1c-3cc2c(c1=O)COC(=O)C2O. The number of carbonyl (C=O) groups is 1. The summed E-state index contributed by atoms with van der Waals surface area (Å²) < 4.78 is 11.8. The zero-order chi connectivity index (χ0) is 18.0. The minimum absolute atomic E-state index is 0.118. The molecule has 2 aliphatic rings. The van der Waals surface area contributed by atoms with Gasteiger partial charge in [-0.15, -0.1) is 0 Å². The number of ether oxygens (including phenoxy) is 2. The fourth-order valence-electron chi connectivity index (χ4n) is 3.64. The Hall–Kier alpha value is -3.19. The van der Waals surface area contributed by atoms with Crippen LogP contribution < -0.4 is 10.3 Å². The van der Waals surface area contributed by atoms with Gasteiger partial charge in [0.25, 0.3) is 5.56 Å². The lowest BCUT2D eigenvalue weighted by Crippen LogP contribution is -2.32. The van der Waals surface area contributed by atoms with Gasteiger partial charge in [-0.05, 0) is 30.3 Å². The third-order valence-electron chi connectivity index (χ3n) is 4.98. The highest BCUT2D eigenvalue weighted by atomic mass is 16.5. The number of aliphatic hydroxyl groups excluding tert-OH is 1. The molecule has 4 heterocycles. The molecule has 1 atom stereocenters. The number of nitrogens with zero attached hydrogens (tertiary/aromatic N) is 2. The lowest BCUT2D eigenvalue weighted by Gasteiger charge is -2.21. The molecule has 0 aliphatic carbocycles. The van der Waals surface area contributed by atoms with E-state index in [1.165, 1.54) is 0 Å². The second-order valence-electron chi connectivity index (χ2n) is 6.42. The lowest BCUT2D eigenvalue weighted by atomic mass is 10.0. The van der Waals surface area contributed by atoms with Crippen LogP contribution in [0.2, 0.25) is 0 Å². The van der Waals surface area contributed by atoms with Gasteiger partial charge < -0.3 is 19.1 Å². The molecule has 1 aromatic carbocycles. The summed E-state index contributed by atoms with van der Waals surface area (Å²) in [5.74, 6) is -0.000174. The van der Waals surface area contributed by atoms with Gasteiger partial charge >= 0.3 is 5.97 Å². The minimum Gasteiger partial charge on any atom is -0.497 e. The number of cyclic esters (lactones) is 1. The number of pyridine rings is 2. The van der Waals surface area contributed by atoms with Crippen LogP contribution in [0.5, 0.6) is 5.75 Å². The molecule has 0 fully saturated rings. The van der Waals surface area contributed by atoms with Crippen molar-refractivity contribution in [3.8, 4) is 17.1 Å². The van der Waals surface area contributed by atoms with Crippen molar-refractivity contribution in [1.82, 2.24) is 9.55 Å². The number of hydrogen-bond acceptors (Lipinski definition) is 6. The van der Waals surface area contributed by atoms with Crippen molar-refractivity contribution in [3.05, 3.63) is 57.4 Å². The van der Waals surface area contributed by atoms with Gasteiger partial charge in [0.2, 0.25) is 0 Å². The highest BCUT2D eigenvalue weighted by molar-refractivity contribution is 5.85. The van der Waals surface area contributed by atoms with Gasteiger partial charge in [-0.3, -0.25) is 4.79 Å². The number of esters is 1. The van der Waals surface area contributed by atoms with Crippen LogP contribution in [0, 0.1) is 0 Å². The van der Waals surface area contributed by atoms with Crippen molar-refractivity contribution in [3.63, 3.8) is 0 Å². The monoisotopic (exact) mass is 350 g/mol. The molecule has 1 N–H and O–H groups in total. The molecule has 2 aromatic heterocycles. The van der Waals surface area contributed by atoms with Crippen LogP contribution in [0.25, 0.3) is 22.3 Å². The van der Waals surface area contributed by atoms with E-state index in [4.69, 9.17) is 14.5 Å². The molecule has 0 radical (unpaired) electrons. The quantitative estimate of drug-likeness (QED) is 0.524. The molecule has 0 saturated heterocycles. The molecular weight excluding hydrogens is 336 g/mol. The summed E-state index contributed by atoms with van der Waals surface area (Å²) in [5.41, 5.74) is 3.35. The zero-order valence-corrected chi connectivity index (χ0v) is 13.9. The van der Waals surface area contributed by atoms with E-state index in [0.29, 0.717) is 29.1 Å². The molecule has 5 rings (SSSR count). The Kier molecular flexibility index (Phi) is 2.99. The van der Waals surface area contributed by atoms with Gasteiger partial charge in [0, 0.05) is 16.5 Å². The lowest BCUT2D eigenvalue weighted by molar-refractivity contribution is -0.157. The van der Waals surface area contributed by atoms with Crippen LogP contribution in [0.1, 0.15) is 22.8 Å². The van der Waals surface area contributed by atoms with Gasteiger partial charge in [-0.25, -0.2) is 9.78 Å². The van der Waals surface area contributed by atoms with Crippen molar-refractivity contribution in [1.29, 1.82) is 0 Å². The summed E-state index contributed by atoms with van der Waals surface area (Å²) in [6.07, 6.45) is -1.44. The number of rotatable bonds is 1. The fraction of sp³-hybridized carbons (Fsp3) is 0.211. The van der Waals surface area contributed by atoms with Gasteiger partial charge in [-0.2, -0.15) is 0 Å². The van der Waals surface area contributed by atoms with Crippen molar-refractivity contribution in [2.24, 2.45) is 0 Å². The zero-order valence-electron chi connectivity index (χ0n) is 13.9. The van der Waals surface area contributed by atoms with Crippen molar-refractivity contribution < 1.29 is 19.4 Å². The second-order valence-corrected chi connectivity index (χ2v) is 6.42. The Morgan fingerprint density at radius 3 is 2.92 bits per heavy atom. The Bertz CT molecular complexity index is 1160. The van der Waals surface area contributed by atoms with E-state index < -0.39 is 12.1 Å². The Morgan fingerprint density at radius 1 is 1.27 bits per heavy atom. The summed E-state index contributed by atoms with van der Waals surface area (Å²) in [5, 5.41) is 11.0. The predicted octanol–water partition coefficient (Wildman–Crippen LogP) is 1.52. The Morgan fingerprint density at radius 2 is 2.12 bits per heavy atom. The molecular formula is C19H14N2O5. The molecule has 0 spiro atoms. The summed E-state index contributed by atoms with van der Waals surface area (Å²) in [6, 6.07) is 9.26. The average molecular weight is 350 g/mol. The number of aromatic nitrogens is 2. The summed E-state index contributed by atoms with van der Waals surface area (Å²) in [6.45, 7) is 0.272. The van der Waals surface area contributed by atoms with Crippen LogP contribution >= 0.6 is 0 Å². The topological polar surface area (TPSA) is 90.7 Å². The molecule has 7 nitrogen and oxygen atoms in total. The number of hydrogen-bond donors (Lipinski definition) is 1. The van der Waals surface area contributed by atoms with Crippen LogP contribution in [0.3, 0.4) is 0 Å². The van der Waals surface area contributed by atoms with Crippen molar-refractivity contribution >= 4 is 16.9 Å². The standard InChI is InChI=1S/C19H14N2O5/c1-25-11-2-3-14-9(5-11)4-10-7-21-15(16(10)20-14)6-12-13(18(21)23)8-26-19(24)17(12)22/h2-6,17,22H,7-8H2,1H3. The Labute approximate surface area is 147 Å². The highest BCUT2D eigenvalue weighted by Gasteiger charge is 2.33. The normalized spacial score (nSPS) is 17.5.